The summed E-state index contributed by atoms with van der Waals surface area (Å²) in [4.78, 5) is 43.7. The lowest BCUT2D eigenvalue weighted by atomic mass is 9.98. The number of aryl methyl sites for hydroxylation is 1. The average molecular weight is 456 g/mol. The molecule has 12 heteroatoms. The molecule has 1 saturated heterocycles. The molecule has 0 aliphatic carbocycles. The van der Waals surface area contributed by atoms with Crippen LogP contribution in [0.5, 0.6) is 0 Å². The molecular formula is C20H21N7O4S. The van der Waals surface area contributed by atoms with Gasteiger partial charge in [0.15, 0.2) is 11.2 Å². The topological polar surface area (TPSA) is 121 Å². The van der Waals surface area contributed by atoms with Crippen molar-refractivity contribution >= 4 is 28.4 Å². The van der Waals surface area contributed by atoms with E-state index in [0.29, 0.717) is 24.9 Å². The van der Waals surface area contributed by atoms with Crippen LogP contribution in [0.4, 0.5) is 0 Å². The summed E-state index contributed by atoms with van der Waals surface area (Å²) in [5, 5.41) is 12.2. The Balaban J connectivity index is 1.35. The van der Waals surface area contributed by atoms with Crippen molar-refractivity contribution in [3.05, 3.63) is 49.9 Å². The molecule has 1 atom stereocenters. The smallest absolute Gasteiger partial charge is 0.332 e. The zero-order valence-corrected chi connectivity index (χ0v) is 18.4. The van der Waals surface area contributed by atoms with Crippen molar-refractivity contribution in [2.45, 2.75) is 25.3 Å². The first-order chi connectivity index (χ1) is 15.4. The second-order valence-corrected chi connectivity index (χ2v) is 8.67. The van der Waals surface area contributed by atoms with Gasteiger partial charge in [0.25, 0.3) is 5.56 Å². The van der Waals surface area contributed by atoms with Gasteiger partial charge in [-0.25, -0.2) is 9.78 Å². The van der Waals surface area contributed by atoms with Gasteiger partial charge in [0, 0.05) is 38.1 Å². The van der Waals surface area contributed by atoms with Crippen LogP contribution < -0.4 is 11.2 Å². The number of carbonyl (C=O) groups excluding carboxylic acids is 1. The number of rotatable bonds is 4. The highest BCUT2D eigenvalue weighted by molar-refractivity contribution is 7.08. The van der Waals surface area contributed by atoms with E-state index in [4.69, 9.17) is 4.42 Å². The highest BCUT2D eigenvalue weighted by atomic mass is 32.1. The zero-order valence-electron chi connectivity index (χ0n) is 17.6. The molecule has 0 N–H and O–H groups in total. The van der Waals surface area contributed by atoms with E-state index in [1.807, 2.05) is 16.8 Å². The maximum atomic E-state index is 13.1. The third kappa shape index (κ3) is 3.36. The molecule has 0 bridgehead atoms. The SMILES string of the molecule is Cn1c(=O)c2c(ncn2CC(=O)N2CCCC(c3nnc(-c4ccsc4)o3)C2)n(C)c1=O. The van der Waals surface area contributed by atoms with Crippen molar-refractivity contribution in [1.29, 1.82) is 0 Å². The molecule has 1 aliphatic heterocycles. The summed E-state index contributed by atoms with van der Waals surface area (Å²) in [5.74, 6) is 0.833. The summed E-state index contributed by atoms with van der Waals surface area (Å²) in [5.41, 5.74) is 0.444. The van der Waals surface area contributed by atoms with E-state index >= 15 is 0 Å². The van der Waals surface area contributed by atoms with Crippen LogP contribution in [-0.4, -0.2) is 52.8 Å². The van der Waals surface area contributed by atoms with Crippen LogP contribution in [0, 0.1) is 0 Å². The van der Waals surface area contributed by atoms with Crippen molar-refractivity contribution in [3.63, 3.8) is 0 Å². The molecule has 4 aromatic heterocycles. The number of aromatic nitrogens is 6. The largest absolute Gasteiger partial charge is 0.420 e. The number of piperidine rings is 1. The molecule has 0 radical (unpaired) electrons. The maximum absolute atomic E-state index is 13.1. The standard InChI is InChI=1S/C20H21N7O4S/c1-24-16-15(19(29)25(2)20(24)30)27(11-21-16)9-14(28)26-6-3-4-12(8-26)17-22-23-18(31-17)13-5-7-32-10-13/h5,7,10-12H,3-4,6,8-9H2,1-2H3. The number of likely N-dealkylation sites (tertiary alicyclic amines) is 1. The van der Waals surface area contributed by atoms with E-state index in [1.165, 1.54) is 22.5 Å². The van der Waals surface area contributed by atoms with Gasteiger partial charge in [-0.2, -0.15) is 11.3 Å². The van der Waals surface area contributed by atoms with Crippen LogP contribution >= 0.6 is 11.3 Å². The second-order valence-electron chi connectivity index (χ2n) is 7.89. The van der Waals surface area contributed by atoms with Crippen LogP contribution in [0.2, 0.25) is 0 Å². The van der Waals surface area contributed by atoms with Gasteiger partial charge in [0.1, 0.15) is 6.54 Å². The normalized spacial score (nSPS) is 16.7. The van der Waals surface area contributed by atoms with Crippen molar-refractivity contribution in [2.75, 3.05) is 13.1 Å². The number of nitrogens with zero attached hydrogens (tertiary/aromatic N) is 7. The van der Waals surface area contributed by atoms with Crippen molar-refractivity contribution in [2.24, 2.45) is 14.1 Å². The minimum Gasteiger partial charge on any atom is -0.420 e. The molecule has 0 spiro atoms. The van der Waals surface area contributed by atoms with Gasteiger partial charge in [-0.15, -0.1) is 10.2 Å². The van der Waals surface area contributed by atoms with Crippen LogP contribution in [0.3, 0.4) is 0 Å². The van der Waals surface area contributed by atoms with Crippen molar-refractivity contribution < 1.29 is 9.21 Å². The van der Waals surface area contributed by atoms with Crippen molar-refractivity contribution in [3.8, 4) is 11.5 Å². The Morgan fingerprint density at radius 3 is 2.88 bits per heavy atom. The minimum atomic E-state index is -0.475. The summed E-state index contributed by atoms with van der Waals surface area (Å²) in [6, 6.07) is 1.92. The van der Waals surface area contributed by atoms with E-state index in [-0.39, 0.29) is 29.5 Å². The Bertz CT molecular complexity index is 1410. The van der Waals surface area contributed by atoms with Crippen LogP contribution in [0.15, 0.2) is 37.2 Å². The summed E-state index contributed by atoms with van der Waals surface area (Å²) < 4.78 is 9.69. The number of hydrogen-bond acceptors (Lipinski definition) is 8. The van der Waals surface area contributed by atoms with E-state index in [1.54, 1.807) is 23.3 Å². The van der Waals surface area contributed by atoms with Gasteiger partial charge in [-0.05, 0) is 24.3 Å². The number of thiophene rings is 1. The molecule has 1 unspecified atom stereocenters. The molecule has 0 aromatic carbocycles. The molecule has 1 amide bonds. The molecule has 1 fully saturated rings. The molecule has 5 rings (SSSR count). The highest BCUT2D eigenvalue weighted by Crippen LogP contribution is 2.29. The number of hydrogen-bond donors (Lipinski definition) is 0. The van der Waals surface area contributed by atoms with Crippen molar-refractivity contribution in [1.82, 2.24) is 33.8 Å². The van der Waals surface area contributed by atoms with Crippen LogP contribution in [0.1, 0.15) is 24.7 Å². The fourth-order valence-corrected chi connectivity index (χ4v) is 4.70. The number of fused-ring (bicyclic) bond motifs is 1. The molecule has 11 nitrogen and oxygen atoms in total. The lowest BCUT2D eigenvalue weighted by molar-refractivity contribution is -0.133. The van der Waals surface area contributed by atoms with Gasteiger partial charge in [-0.3, -0.25) is 18.7 Å². The average Bonchev–Trinajstić information content (AvgIpc) is 3.56. The van der Waals surface area contributed by atoms with E-state index < -0.39 is 11.2 Å². The first-order valence-corrected chi connectivity index (χ1v) is 11.1. The fourth-order valence-electron chi connectivity index (χ4n) is 4.07. The van der Waals surface area contributed by atoms with Gasteiger partial charge in [-0.1, -0.05) is 0 Å². The Hall–Kier alpha value is -3.54. The number of imidazole rings is 1. The third-order valence-electron chi connectivity index (χ3n) is 5.85. The third-order valence-corrected chi connectivity index (χ3v) is 6.54. The van der Waals surface area contributed by atoms with Gasteiger partial charge >= 0.3 is 5.69 Å². The first kappa shape index (κ1) is 20.4. The van der Waals surface area contributed by atoms with Gasteiger partial charge < -0.3 is 13.9 Å². The Morgan fingerprint density at radius 1 is 1.25 bits per heavy atom. The summed E-state index contributed by atoms with van der Waals surface area (Å²) >= 11 is 1.56. The molecular weight excluding hydrogens is 434 g/mol. The highest BCUT2D eigenvalue weighted by Gasteiger charge is 2.29. The summed E-state index contributed by atoms with van der Waals surface area (Å²) in [7, 11) is 2.96. The Morgan fingerprint density at radius 2 is 2.09 bits per heavy atom. The fraction of sp³-hybridized carbons (Fsp3) is 0.400. The predicted octanol–water partition coefficient (Wildman–Crippen LogP) is 0.951. The number of amides is 1. The molecule has 32 heavy (non-hydrogen) atoms. The Kier molecular flexibility index (Phi) is 5.00. The number of carbonyl (C=O) groups is 1. The molecule has 166 valence electrons. The lowest BCUT2D eigenvalue weighted by Gasteiger charge is -2.31. The van der Waals surface area contributed by atoms with Gasteiger partial charge in [0.2, 0.25) is 17.7 Å². The van der Waals surface area contributed by atoms with Crippen LogP contribution in [0.25, 0.3) is 22.6 Å². The molecule has 0 saturated carbocycles. The first-order valence-electron chi connectivity index (χ1n) is 10.2. The van der Waals surface area contributed by atoms with Crippen LogP contribution in [-0.2, 0) is 25.4 Å². The van der Waals surface area contributed by atoms with E-state index in [2.05, 4.69) is 15.2 Å². The molecule has 4 aromatic rings. The Labute approximate surface area is 185 Å². The lowest BCUT2D eigenvalue weighted by Crippen LogP contribution is -2.41. The van der Waals surface area contributed by atoms with E-state index in [9.17, 15) is 14.4 Å². The monoisotopic (exact) mass is 455 g/mol. The predicted molar refractivity (Wildman–Crippen MR) is 116 cm³/mol. The minimum absolute atomic E-state index is 0.0409. The molecule has 1 aliphatic rings. The summed E-state index contributed by atoms with van der Waals surface area (Å²) in [6.45, 7) is 1.04. The van der Waals surface area contributed by atoms with Gasteiger partial charge in [0.05, 0.1) is 12.2 Å². The molecule has 5 heterocycles. The van der Waals surface area contributed by atoms with E-state index in [0.717, 1.165) is 23.0 Å². The quantitative estimate of drug-likeness (QED) is 0.449. The second kappa shape index (κ2) is 7.86. The summed E-state index contributed by atoms with van der Waals surface area (Å²) in [6.07, 6.45) is 3.09. The zero-order chi connectivity index (χ0) is 22.4. The maximum Gasteiger partial charge on any atom is 0.332 e.